The number of nitrogens with zero attached hydrogens (tertiary/aromatic N) is 1. The fourth-order valence-corrected chi connectivity index (χ4v) is 4.14. The van der Waals surface area contributed by atoms with Crippen LogP contribution >= 0.6 is 0 Å². The molecule has 0 aromatic carbocycles. The van der Waals surface area contributed by atoms with Crippen LogP contribution in [-0.2, 0) is 38.1 Å². The highest BCUT2D eigenvalue weighted by Gasteiger charge is 2.41. The first-order valence-corrected chi connectivity index (χ1v) is 16.9. The number of Topliss-reactive ketones (excluding diaryl/α,β-unsaturated/α-hetero) is 3. The Morgan fingerprint density at radius 2 is 1.11 bits per heavy atom. The first-order valence-electron chi connectivity index (χ1n) is 16.9. The number of rotatable bonds is 25. The Balaban J connectivity index is -0.00000422. The minimum absolute atomic E-state index is 0.00235. The molecule has 268 valence electrons. The van der Waals surface area contributed by atoms with E-state index >= 15 is 0 Å². The summed E-state index contributed by atoms with van der Waals surface area (Å²) >= 11 is 0. The predicted octanol–water partition coefficient (Wildman–Crippen LogP) is 5.97. The Kier molecular flexibility index (Phi) is 27.9. The van der Waals surface area contributed by atoms with Crippen LogP contribution in [0.1, 0.15) is 129 Å². The molecule has 45 heavy (non-hydrogen) atoms. The van der Waals surface area contributed by atoms with Crippen molar-refractivity contribution in [3.05, 3.63) is 0 Å². The maximum atomic E-state index is 13.7. The van der Waals surface area contributed by atoms with E-state index in [1.807, 2.05) is 41.5 Å². The smallest absolute Gasteiger partial charge is 0.225 e. The molecule has 10 heteroatoms. The van der Waals surface area contributed by atoms with E-state index in [1.165, 1.54) is 6.92 Å². The van der Waals surface area contributed by atoms with Crippen LogP contribution in [0.4, 0.5) is 0 Å². The lowest BCUT2D eigenvalue weighted by Gasteiger charge is -2.42. The first-order chi connectivity index (χ1) is 21.0. The monoisotopic (exact) mass is 647 g/mol. The van der Waals surface area contributed by atoms with Gasteiger partial charge >= 0.3 is 0 Å². The van der Waals surface area contributed by atoms with Gasteiger partial charge in [-0.25, -0.2) is 0 Å². The zero-order valence-electron chi connectivity index (χ0n) is 31.5. The zero-order valence-corrected chi connectivity index (χ0v) is 31.5. The lowest BCUT2D eigenvalue weighted by atomic mass is 9.97. The standard InChI is InChI=1S/C31H58N2O8.2C2H6/c1-11-26(35)14-17-39-22-31(21-38-16-13-25(5)34,23-40-18-15-27(36)12-2)33(10)28(37)19-30(8,9)41-20-29(6,7)32-24(3)4;2*1-2/h24,32H,11-23H2,1-10H3;2*1-2H3. The summed E-state index contributed by atoms with van der Waals surface area (Å²) in [5.74, 6) is -0.0274. The molecular weight excluding hydrogens is 576 g/mol. The van der Waals surface area contributed by atoms with Gasteiger partial charge < -0.3 is 29.2 Å². The molecule has 0 saturated heterocycles. The number of carbonyl (C=O) groups excluding carboxylic acids is 4. The molecule has 0 rings (SSSR count). The first kappa shape index (κ1) is 47.7. The highest BCUT2D eigenvalue weighted by molar-refractivity contribution is 5.79. The van der Waals surface area contributed by atoms with E-state index in [1.54, 1.807) is 25.8 Å². The number of ether oxygens (including phenoxy) is 4. The molecule has 0 fully saturated rings. The number of ketones is 3. The van der Waals surface area contributed by atoms with Gasteiger partial charge in [0.25, 0.3) is 0 Å². The van der Waals surface area contributed by atoms with Crippen molar-refractivity contribution in [2.45, 2.75) is 151 Å². The molecule has 0 atom stereocenters. The van der Waals surface area contributed by atoms with Crippen LogP contribution in [0.3, 0.4) is 0 Å². The molecule has 0 aromatic rings. The van der Waals surface area contributed by atoms with Gasteiger partial charge in [-0.3, -0.25) is 19.2 Å². The van der Waals surface area contributed by atoms with Crippen molar-refractivity contribution in [3.8, 4) is 0 Å². The summed E-state index contributed by atoms with van der Waals surface area (Å²) in [4.78, 5) is 50.4. The predicted molar refractivity (Wildman–Crippen MR) is 183 cm³/mol. The summed E-state index contributed by atoms with van der Waals surface area (Å²) in [5.41, 5.74) is -2.08. The van der Waals surface area contributed by atoms with E-state index in [0.29, 0.717) is 19.4 Å². The molecule has 0 spiro atoms. The zero-order chi connectivity index (χ0) is 35.7. The molecule has 0 saturated carbocycles. The second-order valence-electron chi connectivity index (χ2n) is 12.5. The quantitative estimate of drug-likeness (QED) is 0.120. The third kappa shape index (κ3) is 24.2. The summed E-state index contributed by atoms with van der Waals surface area (Å²) in [6.45, 7) is 26.3. The normalized spacial score (nSPS) is 11.7. The van der Waals surface area contributed by atoms with Gasteiger partial charge in [-0.1, -0.05) is 55.4 Å². The van der Waals surface area contributed by atoms with Gasteiger partial charge in [0.15, 0.2) is 0 Å². The minimum atomic E-state index is -1.05. The Morgan fingerprint density at radius 3 is 1.47 bits per heavy atom. The fourth-order valence-electron chi connectivity index (χ4n) is 4.14. The van der Waals surface area contributed by atoms with E-state index in [4.69, 9.17) is 18.9 Å². The van der Waals surface area contributed by atoms with Crippen molar-refractivity contribution < 1.29 is 38.1 Å². The van der Waals surface area contributed by atoms with Gasteiger partial charge in [0.1, 0.15) is 22.9 Å². The lowest BCUT2D eigenvalue weighted by Crippen LogP contribution is -2.60. The Hall–Kier alpha value is -1.72. The van der Waals surface area contributed by atoms with Crippen molar-refractivity contribution in [2.75, 3.05) is 53.3 Å². The largest absolute Gasteiger partial charge is 0.378 e. The lowest BCUT2D eigenvalue weighted by molar-refractivity contribution is -0.156. The van der Waals surface area contributed by atoms with Gasteiger partial charge in [-0.15, -0.1) is 0 Å². The Labute approximate surface area is 276 Å². The maximum absolute atomic E-state index is 13.7. The molecule has 1 N–H and O–H groups in total. The van der Waals surface area contributed by atoms with Crippen LogP contribution in [0.5, 0.6) is 0 Å². The molecule has 0 radical (unpaired) electrons. The number of nitrogens with one attached hydrogen (secondary N) is 1. The van der Waals surface area contributed by atoms with Crippen LogP contribution in [0.15, 0.2) is 0 Å². The highest BCUT2D eigenvalue weighted by Crippen LogP contribution is 2.24. The van der Waals surface area contributed by atoms with Crippen LogP contribution in [-0.4, -0.2) is 104 Å². The summed E-state index contributed by atoms with van der Waals surface area (Å²) in [7, 11) is 1.68. The average Bonchev–Trinajstić information content (AvgIpc) is 2.98. The Bertz CT molecular complexity index is 787. The van der Waals surface area contributed by atoms with E-state index < -0.39 is 11.1 Å². The number of likely N-dealkylation sites (N-methyl/N-ethyl adjacent to an activating group) is 1. The molecule has 1 amide bonds. The number of amides is 1. The molecule has 0 bridgehead atoms. The third-order valence-electron chi connectivity index (χ3n) is 6.72. The van der Waals surface area contributed by atoms with Crippen molar-refractivity contribution in [1.29, 1.82) is 0 Å². The van der Waals surface area contributed by atoms with Crippen LogP contribution in [0.25, 0.3) is 0 Å². The van der Waals surface area contributed by atoms with E-state index in [2.05, 4.69) is 33.0 Å². The number of hydrogen-bond donors (Lipinski definition) is 1. The molecular formula is C35H70N2O8. The second-order valence-corrected chi connectivity index (χ2v) is 12.5. The van der Waals surface area contributed by atoms with Gasteiger partial charge in [-0.2, -0.15) is 0 Å². The maximum Gasteiger partial charge on any atom is 0.225 e. The minimum Gasteiger partial charge on any atom is -0.378 e. The molecule has 0 aromatic heterocycles. The molecule has 0 aliphatic heterocycles. The van der Waals surface area contributed by atoms with E-state index in [-0.39, 0.29) is 100 Å². The van der Waals surface area contributed by atoms with Crippen molar-refractivity contribution in [2.24, 2.45) is 0 Å². The Morgan fingerprint density at radius 1 is 0.711 bits per heavy atom. The van der Waals surface area contributed by atoms with Crippen molar-refractivity contribution >= 4 is 23.3 Å². The molecule has 10 nitrogen and oxygen atoms in total. The van der Waals surface area contributed by atoms with Gasteiger partial charge in [0.2, 0.25) is 5.91 Å². The summed E-state index contributed by atoms with van der Waals surface area (Å²) in [5, 5.41) is 3.47. The van der Waals surface area contributed by atoms with Crippen LogP contribution < -0.4 is 5.32 Å². The summed E-state index contributed by atoms with van der Waals surface area (Å²) in [6, 6.07) is 0.285. The second kappa shape index (κ2) is 26.4. The molecule has 0 unspecified atom stereocenters. The summed E-state index contributed by atoms with van der Waals surface area (Å²) < 4.78 is 24.0. The van der Waals surface area contributed by atoms with Crippen LogP contribution in [0, 0.1) is 0 Å². The summed E-state index contributed by atoms with van der Waals surface area (Å²) in [6.07, 6.45) is 1.72. The van der Waals surface area contributed by atoms with E-state index in [9.17, 15) is 19.2 Å². The van der Waals surface area contributed by atoms with Crippen LogP contribution in [0.2, 0.25) is 0 Å². The van der Waals surface area contributed by atoms with Crippen molar-refractivity contribution in [3.63, 3.8) is 0 Å². The molecule has 0 aliphatic rings. The third-order valence-corrected chi connectivity index (χ3v) is 6.72. The highest BCUT2D eigenvalue weighted by atomic mass is 16.5. The fraction of sp³-hybridized carbons (Fsp3) is 0.886. The van der Waals surface area contributed by atoms with Gasteiger partial charge in [-0.05, 0) is 34.6 Å². The van der Waals surface area contributed by atoms with E-state index in [0.717, 1.165) is 0 Å². The van der Waals surface area contributed by atoms with Gasteiger partial charge in [0, 0.05) is 50.7 Å². The average molecular weight is 647 g/mol. The number of carbonyl (C=O) groups is 4. The molecule has 0 aliphatic carbocycles. The topological polar surface area (TPSA) is 120 Å². The SMILES string of the molecule is CC.CC.CCC(=O)CCOCC(COCCC(C)=O)(COCCC(=O)CC)N(C)C(=O)CC(C)(C)OCC(C)(C)NC(C)C. The number of hydrogen-bond acceptors (Lipinski definition) is 9. The van der Waals surface area contributed by atoms with Crippen molar-refractivity contribution in [1.82, 2.24) is 10.2 Å². The molecule has 0 heterocycles. The van der Waals surface area contributed by atoms with Gasteiger partial charge in [0.05, 0.1) is 58.3 Å².